The van der Waals surface area contributed by atoms with Gasteiger partial charge < -0.3 is 15.2 Å². The third kappa shape index (κ3) is 3.56. The summed E-state index contributed by atoms with van der Waals surface area (Å²) in [5.41, 5.74) is 0. The Kier molecular flexibility index (Phi) is 4.85. The molecule has 0 amide bonds. The maximum Gasteiger partial charge on any atom is 0.0700 e. The Hall–Kier alpha value is -0.120. The van der Waals surface area contributed by atoms with Crippen LogP contribution in [0.5, 0.6) is 0 Å². The van der Waals surface area contributed by atoms with E-state index in [9.17, 15) is 5.11 Å². The molecular weight excluding hydrogens is 178 g/mol. The molecule has 84 valence electrons. The van der Waals surface area contributed by atoms with E-state index in [4.69, 9.17) is 4.74 Å². The highest BCUT2D eigenvalue weighted by Gasteiger charge is 2.26. The normalized spacial score (nSPS) is 29.8. The maximum atomic E-state index is 9.22. The van der Waals surface area contributed by atoms with Gasteiger partial charge in [0, 0.05) is 18.7 Å². The molecule has 1 fully saturated rings. The standard InChI is InChI=1S/C11H23NO2/c1-8(2)6-10(7-13)12-11-4-5-14-9(11)3/h8-13H,4-7H2,1-3H3. The molecule has 0 radical (unpaired) electrons. The molecule has 14 heavy (non-hydrogen) atoms. The molecule has 0 aromatic carbocycles. The van der Waals surface area contributed by atoms with E-state index in [1.165, 1.54) is 0 Å². The summed E-state index contributed by atoms with van der Waals surface area (Å²) in [7, 11) is 0. The Bertz CT molecular complexity index is 161. The van der Waals surface area contributed by atoms with Gasteiger partial charge in [0.25, 0.3) is 0 Å². The van der Waals surface area contributed by atoms with Crippen molar-refractivity contribution in [3.05, 3.63) is 0 Å². The van der Waals surface area contributed by atoms with Crippen molar-refractivity contribution >= 4 is 0 Å². The van der Waals surface area contributed by atoms with Gasteiger partial charge in [-0.05, 0) is 25.7 Å². The molecule has 2 N–H and O–H groups in total. The molecule has 3 heteroatoms. The van der Waals surface area contributed by atoms with Crippen molar-refractivity contribution in [3.63, 3.8) is 0 Å². The molecule has 3 unspecified atom stereocenters. The van der Waals surface area contributed by atoms with E-state index in [2.05, 4.69) is 26.1 Å². The Balaban J connectivity index is 2.31. The lowest BCUT2D eigenvalue weighted by atomic mass is 10.0. The summed E-state index contributed by atoms with van der Waals surface area (Å²) in [5, 5.41) is 12.7. The van der Waals surface area contributed by atoms with Crippen molar-refractivity contribution in [2.24, 2.45) is 5.92 Å². The molecule has 0 aromatic rings. The Morgan fingerprint density at radius 2 is 2.21 bits per heavy atom. The second-order valence-electron chi connectivity index (χ2n) is 4.65. The first-order chi connectivity index (χ1) is 6.63. The summed E-state index contributed by atoms with van der Waals surface area (Å²) in [6, 6.07) is 0.648. The monoisotopic (exact) mass is 201 g/mol. The zero-order valence-corrected chi connectivity index (χ0v) is 9.49. The van der Waals surface area contributed by atoms with Crippen molar-refractivity contribution in [1.82, 2.24) is 5.32 Å². The average molecular weight is 201 g/mol. The zero-order chi connectivity index (χ0) is 10.6. The summed E-state index contributed by atoms with van der Waals surface area (Å²) in [6.45, 7) is 7.52. The summed E-state index contributed by atoms with van der Waals surface area (Å²) in [5.74, 6) is 0.622. The predicted molar refractivity (Wildman–Crippen MR) is 57.3 cm³/mol. The molecule has 1 saturated heterocycles. The van der Waals surface area contributed by atoms with E-state index in [1.807, 2.05) is 0 Å². The summed E-state index contributed by atoms with van der Waals surface area (Å²) in [4.78, 5) is 0. The third-order valence-electron chi connectivity index (χ3n) is 2.80. The third-order valence-corrected chi connectivity index (χ3v) is 2.80. The van der Waals surface area contributed by atoms with Crippen LogP contribution in [0, 0.1) is 5.92 Å². The first kappa shape index (κ1) is 12.0. The highest BCUT2D eigenvalue weighted by Crippen LogP contribution is 2.15. The highest BCUT2D eigenvalue weighted by molar-refractivity contribution is 4.83. The van der Waals surface area contributed by atoms with Crippen LogP contribution in [-0.2, 0) is 4.74 Å². The van der Waals surface area contributed by atoms with Gasteiger partial charge in [-0.2, -0.15) is 0 Å². The molecule has 0 aromatic heterocycles. The molecular formula is C11H23NO2. The van der Waals surface area contributed by atoms with Crippen molar-refractivity contribution < 1.29 is 9.84 Å². The van der Waals surface area contributed by atoms with Crippen molar-refractivity contribution in [2.75, 3.05) is 13.2 Å². The van der Waals surface area contributed by atoms with Crippen LogP contribution in [-0.4, -0.2) is 36.5 Å². The van der Waals surface area contributed by atoms with E-state index >= 15 is 0 Å². The molecule has 0 bridgehead atoms. The number of ether oxygens (including phenoxy) is 1. The molecule has 1 rings (SSSR count). The van der Waals surface area contributed by atoms with E-state index in [0.717, 1.165) is 19.4 Å². The van der Waals surface area contributed by atoms with Gasteiger partial charge in [0.05, 0.1) is 12.7 Å². The van der Waals surface area contributed by atoms with E-state index in [0.29, 0.717) is 12.0 Å². The number of rotatable bonds is 5. The lowest BCUT2D eigenvalue weighted by Crippen LogP contribution is -2.44. The van der Waals surface area contributed by atoms with Gasteiger partial charge in [-0.1, -0.05) is 13.8 Å². The lowest BCUT2D eigenvalue weighted by molar-refractivity contribution is 0.106. The van der Waals surface area contributed by atoms with Crippen molar-refractivity contribution in [2.45, 2.75) is 51.8 Å². The SMILES string of the molecule is CC(C)CC(CO)NC1CCOC1C. The molecule has 0 spiro atoms. The minimum atomic E-state index is 0.224. The summed E-state index contributed by atoms with van der Waals surface area (Å²) >= 11 is 0. The molecule has 0 aliphatic carbocycles. The minimum Gasteiger partial charge on any atom is -0.395 e. The van der Waals surface area contributed by atoms with Crippen LogP contribution in [0.25, 0.3) is 0 Å². The second kappa shape index (κ2) is 5.69. The fourth-order valence-electron chi connectivity index (χ4n) is 2.02. The van der Waals surface area contributed by atoms with Crippen LogP contribution in [0.1, 0.15) is 33.6 Å². The number of aliphatic hydroxyl groups is 1. The smallest absolute Gasteiger partial charge is 0.0700 e. The van der Waals surface area contributed by atoms with Crippen molar-refractivity contribution in [1.29, 1.82) is 0 Å². The quantitative estimate of drug-likeness (QED) is 0.701. The van der Waals surface area contributed by atoms with Gasteiger partial charge in [-0.3, -0.25) is 0 Å². The number of hydrogen-bond donors (Lipinski definition) is 2. The van der Waals surface area contributed by atoms with Gasteiger partial charge in [0.15, 0.2) is 0 Å². The van der Waals surface area contributed by atoms with Crippen LogP contribution in [0.4, 0.5) is 0 Å². The first-order valence-corrected chi connectivity index (χ1v) is 5.62. The topological polar surface area (TPSA) is 41.5 Å². The van der Waals surface area contributed by atoms with Crippen LogP contribution in [0.15, 0.2) is 0 Å². The molecule has 1 aliphatic heterocycles. The van der Waals surface area contributed by atoms with E-state index in [-0.39, 0.29) is 18.8 Å². The fraction of sp³-hybridized carbons (Fsp3) is 1.00. The molecule has 1 aliphatic rings. The Morgan fingerprint density at radius 1 is 1.50 bits per heavy atom. The van der Waals surface area contributed by atoms with Crippen LogP contribution in [0.3, 0.4) is 0 Å². The van der Waals surface area contributed by atoms with Gasteiger partial charge in [0.2, 0.25) is 0 Å². The Morgan fingerprint density at radius 3 is 2.64 bits per heavy atom. The van der Waals surface area contributed by atoms with Crippen LogP contribution in [0.2, 0.25) is 0 Å². The fourth-order valence-corrected chi connectivity index (χ4v) is 2.02. The van der Waals surface area contributed by atoms with Crippen LogP contribution < -0.4 is 5.32 Å². The zero-order valence-electron chi connectivity index (χ0n) is 9.49. The van der Waals surface area contributed by atoms with Gasteiger partial charge in [0.1, 0.15) is 0 Å². The van der Waals surface area contributed by atoms with Crippen LogP contribution >= 0.6 is 0 Å². The van der Waals surface area contributed by atoms with E-state index < -0.39 is 0 Å². The molecule has 3 nitrogen and oxygen atoms in total. The molecule has 3 atom stereocenters. The second-order valence-corrected chi connectivity index (χ2v) is 4.65. The van der Waals surface area contributed by atoms with E-state index in [1.54, 1.807) is 0 Å². The molecule has 1 heterocycles. The maximum absolute atomic E-state index is 9.22. The van der Waals surface area contributed by atoms with Gasteiger partial charge >= 0.3 is 0 Å². The summed E-state index contributed by atoms with van der Waals surface area (Å²) < 4.78 is 5.47. The Labute approximate surface area is 86.8 Å². The largest absolute Gasteiger partial charge is 0.395 e. The minimum absolute atomic E-state index is 0.224. The summed E-state index contributed by atoms with van der Waals surface area (Å²) in [6.07, 6.45) is 2.38. The number of aliphatic hydroxyl groups excluding tert-OH is 1. The first-order valence-electron chi connectivity index (χ1n) is 5.62. The molecule has 0 saturated carbocycles. The van der Waals surface area contributed by atoms with Gasteiger partial charge in [-0.25, -0.2) is 0 Å². The number of nitrogens with one attached hydrogen (secondary N) is 1. The highest BCUT2D eigenvalue weighted by atomic mass is 16.5. The lowest BCUT2D eigenvalue weighted by Gasteiger charge is -2.24. The number of hydrogen-bond acceptors (Lipinski definition) is 3. The van der Waals surface area contributed by atoms with Crippen molar-refractivity contribution in [3.8, 4) is 0 Å². The average Bonchev–Trinajstić information content (AvgIpc) is 2.50. The predicted octanol–water partition coefficient (Wildman–Crippen LogP) is 1.16. The van der Waals surface area contributed by atoms with Gasteiger partial charge in [-0.15, -0.1) is 0 Å².